The Morgan fingerprint density at radius 2 is 2.07 bits per heavy atom. The maximum Gasteiger partial charge on any atom is 0.223 e. The Labute approximate surface area is 182 Å². The molecule has 1 aromatic rings. The number of carbonyl (C=O) groups excluding carboxylic acids is 1. The Hall–Kier alpha value is -2.10. The van der Waals surface area contributed by atoms with E-state index < -0.39 is 5.60 Å². The highest BCUT2D eigenvalue weighted by atomic mass is 35.5. The van der Waals surface area contributed by atoms with Gasteiger partial charge in [0.1, 0.15) is 11.4 Å². The minimum atomic E-state index is -0.770. The van der Waals surface area contributed by atoms with E-state index >= 15 is 0 Å². The summed E-state index contributed by atoms with van der Waals surface area (Å²) in [6.45, 7) is 4.20. The van der Waals surface area contributed by atoms with Gasteiger partial charge in [0, 0.05) is 10.4 Å². The van der Waals surface area contributed by atoms with Gasteiger partial charge in [-0.3, -0.25) is 15.1 Å². The molecule has 1 amide bonds. The standard InChI is InChI=1S/C23H29ClN4O2/c1-22(2,30-12-14-4-3-5-18(24)8-14)21(27-13-25)28-19-16-6-15-7-17(19)11-23(9-15,10-16)20(26)29/h3-5,8,15-17,19H,6-7,9-12H2,1-2H3,(H2,26,29)(H,27,28). The van der Waals surface area contributed by atoms with Gasteiger partial charge in [-0.1, -0.05) is 23.7 Å². The number of nitriles is 1. The van der Waals surface area contributed by atoms with E-state index in [1.54, 1.807) is 0 Å². The van der Waals surface area contributed by atoms with E-state index in [1.165, 1.54) is 0 Å². The number of hydrogen-bond acceptors (Lipinski definition) is 4. The van der Waals surface area contributed by atoms with Crippen LogP contribution in [0.15, 0.2) is 29.3 Å². The van der Waals surface area contributed by atoms with Gasteiger partial charge in [-0.15, -0.1) is 0 Å². The van der Waals surface area contributed by atoms with Gasteiger partial charge < -0.3 is 10.5 Å². The Bertz CT molecular complexity index is 891. The molecule has 0 saturated heterocycles. The molecule has 4 saturated carbocycles. The summed E-state index contributed by atoms with van der Waals surface area (Å²) in [5.74, 6) is 1.63. The molecule has 160 valence electrons. The number of nitrogens with one attached hydrogen (secondary N) is 1. The highest BCUT2D eigenvalue weighted by molar-refractivity contribution is 6.30. The van der Waals surface area contributed by atoms with Crippen molar-refractivity contribution in [2.75, 3.05) is 0 Å². The van der Waals surface area contributed by atoms with Crippen LogP contribution in [-0.2, 0) is 16.1 Å². The van der Waals surface area contributed by atoms with Crippen LogP contribution < -0.4 is 11.1 Å². The monoisotopic (exact) mass is 428 g/mol. The van der Waals surface area contributed by atoms with E-state index in [4.69, 9.17) is 27.1 Å². The maximum absolute atomic E-state index is 12.2. The summed E-state index contributed by atoms with van der Waals surface area (Å²) >= 11 is 6.07. The van der Waals surface area contributed by atoms with Crippen molar-refractivity contribution in [3.05, 3.63) is 34.9 Å². The first kappa shape index (κ1) is 21.1. The van der Waals surface area contributed by atoms with Crippen molar-refractivity contribution in [3.63, 3.8) is 0 Å². The second-order valence-electron chi connectivity index (χ2n) is 9.75. The number of nitrogens with two attached hydrogens (primary N) is 1. The summed E-state index contributed by atoms with van der Waals surface area (Å²) in [6, 6.07) is 7.63. The van der Waals surface area contributed by atoms with Crippen molar-refractivity contribution in [2.45, 2.75) is 64.2 Å². The summed E-state index contributed by atoms with van der Waals surface area (Å²) in [7, 11) is 0. The van der Waals surface area contributed by atoms with Crippen molar-refractivity contribution in [1.29, 1.82) is 5.26 Å². The molecule has 4 aliphatic rings. The Kier molecular flexibility index (Phi) is 5.54. The molecule has 30 heavy (non-hydrogen) atoms. The molecular formula is C23H29ClN4O2. The predicted molar refractivity (Wildman–Crippen MR) is 115 cm³/mol. The molecule has 4 aliphatic carbocycles. The van der Waals surface area contributed by atoms with Crippen molar-refractivity contribution < 1.29 is 9.53 Å². The SMILES string of the molecule is CC(C)(OCc1cccc(Cl)c1)C(=NC1C2CC3CC1CC(C(N)=O)(C3)C2)NC#N. The minimum Gasteiger partial charge on any atom is -0.369 e. The quantitative estimate of drug-likeness (QED) is 0.311. The molecule has 7 heteroatoms. The van der Waals surface area contributed by atoms with Gasteiger partial charge >= 0.3 is 0 Å². The summed E-state index contributed by atoms with van der Waals surface area (Å²) in [4.78, 5) is 17.2. The number of ether oxygens (including phenoxy) is 1. The Balaban J connectivity index is 1.54. The lowest BCUT2D eigenvalue weighted by Gasteiger charge is -2.57. The molecule has 1 aromatic carbocycles. The van der Waals surface area contributed by atoms with Crippen LogP contribution in [0, 0.1) is 34.6 Å². The highest BCUT2D eigenvalue weighted by Crippen LogP contribution is 2.60. The summed E-state index contributed by atoms with van der Waals surface area (Å²) in [5.41, 5.74) is 5.65. The largest absolute Gasteiger partial charge is 0.369 e. The summed E-state index contributed by atoms with van der Waals surface area (Å²) in [5, 5.41) is 12.8. The van der Waals surface area contributed by atoms with Crippen LogP contribution in [0.4, 0.5) is 0 Å². The fraction of sp³-hybridized carbons (Fsp3) is 0.609. The normalized spacial score (nSPS) is 32.7. The fourth-order valence-electron chi connectivity index (χ4n) is 6.01. The smallest absolute Gasteiger partial charge is 0.223 e. The molecule has 0 aliphatic heterocycles. The van der Waals surface area contributed by atoms with Crippen LogP contribution in [-0.4, -0.2) is 23.4 Å². The molecule has 4 fully saturated rings. The first-order chi connectivity index (χ1) is 14.2. The molecule has 5 rings (SSSR count). The Morgan fingerprint density at radius 1 is 1.37 bits per heavy atom. The van der Waals surface area contributed by atoms with Crippen LogP contribution in [0.1, 0.15) is 51.5 Å². The predicted octanol–water partition coefficient (Wildman–Crippen LogP) is 3.78. The second-order valence-corrected chi connectivity index (χ2v) is 10.2. The third-order valence-corrected chi connectivity index (χ3v) is 7.49. The van der Waals surface area contributed by atoms with Crippen LogP contribution in [0.25, 0.3) is 0 Å². The van der Waals surface area contributed by atoms with Gasteiger partial charge in [-0.2, -0.15) is 5.26 Å². The molecule has 0 radical (unpaired) electrons. The molecule has 2 atom stereocenters. The van der Waals surface area contributed by atoms with Crippen molar-refractivity contribution in [3.8, 4) is 6.19 Å². The minimum absolute atomic E-state index is 0.0962. The van der Waals surface area contributed by atoms with Gasteiger partial charge in [-0.05, 0) is 81.4 Å². The molecule has 2 unspecified atom stereocenters. The molecule has 0 spiro atoms. The van der Waals surface area contributed by atoms with Crippen molar-refractivity contribution in [1.82, 2.24) is 5.32 Å². The molecule has 0 aromatic heterocycles. The number of nitrogens with zero attached hydrogens (tertiary/aromatic N) is 2. The van der Waals surface area contributed by atoms with Crippen molar-refractivity contribution in [2.24, 2.45) is 33.9 Å². The zero-order chi connectivity index (χ0) is 21.5. The number of amides is 1. The zero-order valence-electron chi connectivity index (χ0n) is 17.5. The van der Waals surface area contributed by atoms with Gasteiger partial charge in [-0.25, -0.2) is 0 Å². The van der Waals surface area contributed by atoms with Gasteiger partial charge in [0.2, 0.25) is 5.91 Å². The number of rotatable bonds is 6. The van der Waals surface area contributed by atoms with Gasteiger partial charge in [0.25, 0.3) is 0 Å². The van der Waals surface area contributed by atoms with Crippen LogP contribution in [0.3, 0.4) is 0 Å². The Morgan fingerprint density at radius 3 is 2.67 bits per heavy atom. The zero-order valence-corrected chi connectivity index (χ0v) is 18.3. The number of benzene rings is 1. The van der Waals surface area contributed by atoms with E-state index in [1.807, 2.05) is 44.3 Å². The first-order valence-electron chi connectivity index (χ1n) is 10.6. The molecular weight excluding hydrogens is 400 g/mol. The molecule has 0 heterocycles. The van der Waals surface area contributed by atoms with Gasteiger partial charge in [0.15, 0.2) is 6.19 Å². The first-order valence-corrected chi connectivity index (χ1v) is 11.0. The third kappa shape index (κ3) is 3.93. The highest BCUT2D eigenvalue weighted by Gasteiger charge is 2.58. The van der Waals surface area contributed by atoms with E-state index in [2.05, 4.69) is 5.32 Å². The average Bonchev–Trinajstić information content (AvgIpc) is 2.68. The lowest BCUT2D eigenvalue weighted by atomic mass is 9.48. The van der Waals surface area contributed by atoms with Crippen LogP contribution >= 0.6 is 11.6 Å². The van der Waals surface area contributed by atoms with E-state index in [-0.39, 0.29) is 17.4 Å². The molecule has 6 nitrogen and oxygen atoms in total. The second kappa shape index (κ2) is 7.86. The number of primary amides is 1. The maximum atomic E-state index is 12.2. The van der Waals surface area contributed by atoms with Crippen LogP contribution in [0.2, 0.25) is 5.02 Å². The van der Waals surface area contributed by atoms with Gasteiger partial charge in [0.05, 0.1) is 12.6 Å². The lowest BCUT2D eigenvalue weighted by Crippen LogP contribution is -2.58. The number of halogens is 1. The van der Waals surface area contributed by atoms with E-state index in [0.717, 1.165) is 37.7 Å². The summed E-state index contributed by atoms with van der Waals surface area (Å²) < 4.78 is 6.16. The average molecular weight is 429 g/mol. The summed E-state index contributed by atoms with van der Waals surface area (Å²) in [6.07, 6.45) is 6.76. The molecule has 4 bridgehead atoms. The van der Waals surface area contributed by atoms with E-state index in [0.29, 0.717) is 35.2 Å². The number of aliphatic imine (C=N–C) groups is 1. The molecule has 3 N–H and O–H groups in total. The number of amidine groups is 1. The fourth-order valence-corrected chi connectivity index (χ4v) is 6.22. The van der Waals surface area contributed by atoms with Crippen molar-refractivity contribution >= 4 is 23.3 Å². The number of carbonyl (C=O) groups is 1. The lowest BCUT2D eigenvalue weighted by molar-refractivity contribution is -0.144. The third-order valence-electron chi connectivity index (χ3n) is 7.26. The number of hydrogen-bond donors (Lipinski definition) is 2. The van der Waals surface area contributed by atoms with Crippen LogP contribution in [0.5, 0.6) is 0 Å². The van der Waals surface area contributed by atoms with E-state index in [9.17, 15) is 10.1 Å². The topological polar surface area (TPSA) is 100 Å².